The largest absolute Gasteiger partial charge is 0.506 e. The smallest absolute Gasteiger partial charge is 0.143 e. The maximum Gasteiger partial charge on any atom is 0.143 e. The first kappa shape index (κ1) is 20.7. The number of aromatic hydroxyl groups is 2. The number of benzene rings is 2. The van der Waals surface area contributed by atoms with E-state index in [0.717, 1.165) is 16.7 Å². The zero-order valence-corrected chi connectivity index (χ0v) is 19.9. The Hall–Kier alpha value is -0.560. The van der Waals surface area contributed by atoms with Crippen molar-refractivity contribution in [3.8, 4) is 11.5 Å². The summed E-state index contributed by atoms with van der Waals surface area (Å²) in [7, 11) is 0. The first-order chi connectivity index (χ1) is 11.7. The van der Waals surface area contributed by atoms with Crippen molar-refractivity contribution in [2.75, 3.05) is 0 Å². The fourth-order valence-corrected chi connectivity index (χ4v) is 5.19. The highest BCUT2D eigenvalue weighted by Gasteiger charge is 2.33. The van der Waals surface area contributed by atoms with Gasteiger partial charge in [-0.15, -0.1) is 0 Å². The Morgan fingerprint density at radius 2 is 1.20 bits per heavy atom. The molecule has 0 spiro atoms. The third-order valence-corrected chi connectivity index (χ3v) is 6.71. The van der Waals surface area contributed by atoms with Crippen LogP contribution >= 0.6 is 63.7 Å². The summed E-state index contributed by atoms with van der Waals surface area (Å²) in [6.07, 6.45) is 3.83. The highest BCUT2D eigenvalue weighted by atomic mass is 79.9. The van der Waals surface area contributed by atoms with Crippen LogP contribution in [0.1, 0.15) is 25.0 Å². The lowest BCUT2D eigenvalue weighted by Crippen LogP contribution is -2.26. The SMILES string of the molecule is C=C/C(=C\C)C(C)(c1cc(Br)c(O)c(Br)c1)c1cc(Br)c(O)c(Br)c1. The fourth-order valence-electron chi connectivity index (χ4n) is 2.82. The number of rotatable bonds is 4. The van der Waals surface area contributed by atoms with E-state index in [9.17, 15) is 10.2 Å². The minimum atomic E-state index is -0.548. The fraction of sp³-hybridized carbons (Fsp3) is 0.158. The van der Waals surface area contributed by atoms with E-state index in [4.69, 9.17) is 0 Å². The Morgan fingerprint density at radius 3 is 1.44 bits per heavy atom. The summed E-state index contributed by atoms with van der Waals surface area (Å²) in [5, 5.41) is 20.1. The molecule has 2 aromatic rings. The second-order valence-electron chi connectivity index (χ2n) is 5.65. The van der Waals surface area contributed by atoms with E-state index in [-0.39, 0.29) is 11.5 Å². The van der Waals surface area contributed by atoms with Gasteiger partial charge in [0, 0.05) is 5.41 Å². The molecule has 0 unspecified atom stereocenters. The first-order valence-electron chi connectivity index (χ1n) is 7.33. The minimum absolute atomic E-state index is 0.153. The van der Waals surface area contributed by atoms with Gasteiger partial charge in [-0.3, -0.25) is 0 Å². The zero-order valence-electron chi connectivity index (χ0n) is 13.6. The Balaban J connectivity index is 2.87. The van der Waals surface area contributed by atoms with Gasteiger partial charge >= 0.3 is 0 Å². The van der Waals surface area contributed by atoms with Gasteiger partial charge in [0.15, 0.2) is 0 Å². The number of hydrogen-bond acceptors (Lipinski definition) is 2. The molecule has 0 amide bonds. The van der Waals surface area contributed by atoms with Crippen LogP contribution in [-0.2, 0) is 5.41 Å². The van der Waals surface area contributed by atoms with Crippen LogP contribution in [0.4, 0.5) is 0 Å². The predicted molar refractivity (Wildman–Crippen MR) is 117 cm³/mol. The summed E-state index contributed by atoms with van der Waals surface area (Å²) in [5.74, 6) is 0.305. The molecule has 0 aliphatic carbocycles. The first-order valence-corrected chi connectivity index (χ1v) is 10.5. The summed E-state index contributed by atoms with van der Waals surface area (Å²) in [5.41, 5.74) is 2.37. The van der Waals surface area contributed by atoms with Crippen LogP contribution in [-0.4, -0.2) is 10.2 Å². The molecule has 0 aliphatic rings. The molecule has 0 saturated heterocycles. The van der Waals surface area contributed by atoms with E-state index in [1.807, 2.05) is 43.3 Å². The van der Waals surface area contributed by atoms with E-state index in [2.05, 4.69) is 77.2 Å². The Morgan fingerprint density at radius 1 is 0.880 bits per heavy atom. The topological polar surface area (TPSA) is 40.5 Å². The van der Waals surface area contributed by atoms with E-state index in [1.54, 1.807) is 0 Å². The van der Waals surface area contributed by atoms with Crippen LogP contribution in [0.2, 0.25) is 0 Å². The molecule has 0 bridgehead atoms. The van der Waals surface area contributed by atoms with Gasteiger partial charge in [-0.25, -0.2) is 0 Å². The predicted octanol–water partition coefficient (Wildman–Crippen LogP) is 7.59. The second kappa shape index (κ2) is 7.99. The van der Waals surface area contributed by atoms with Gasteiger partial charge in [0.1, 0.15) is 11.5 Å². The summed E-state index contributed by atoms with van der Waals surface area (Å²) >= 11 is 13.6. The molecule has 0 atom stereocenters. The molecule has 0 saturated carbocycles. The average molecular weight is 596 g/mol. The lowest BCUT2D eigenvalue weighted by molar-refractivity contribution is 0.467. The Kier molecular flexibility index (Phi) is 6.63. The molecule has 6 heteroatoms. The lowest BCUT2D eigenvalue weighted by atomic mass is 9.70. The summed E-state index contributed by atoms with van der Waals surface area (Å²) in [6, 6.07) is 7.56. The number of allylic oxidation sites excluding steroid dienone is 3. The molecule has 132 valence electrons. The van der Waals surface area contributed by atoms with Crippen molar-refractivity contribution in [1.82, 2.24) is 0 Å². The number of phenolic OH excluding ortho intramolecular Hbond substituents is 2. The number of halogens is 4. The quantitative estimate of drug-likeness (QED) is 0.358. The summed E-state index contributed by atoms with van der Waals surface area (Å²) in [6.45, 7) is 8.01. The highest BCUT2D eigenvalue weighted by Crippen LogP contribution is 2.46. The van der Waals surface area contributed by atoms with Crippen LogP contribution in [0.5, 0.6) is 11.5 Å². The minimum Gasteiger partial charge on any atom is -0.506 e. The van der Waals surface area contributed by atoms with E-state index in [1.165, 1.54) is 0 Å². The van der Waals surface area contributed by atoms with Crippen molar-refractivity contribution < 1.29 is 10.2 Å². The van der Waals surface area contributed by atoms with E-state index in [0.29, 0.717) is 17.9 Å². The van der Waals surface area contributed by atoms with Crippen molar-refractivity contribution in [2.45, 2.75) is 19.3 Å². The van der Waals surface area contributed by atoms with Gasteiger partial charge in [-0.05, 0) is 119 Å². The zero-order chi connectivity index (χ0) is 18.9. The van der Waals surface area contributed by atoms with Gasteiger partial charge in [0.05, 0.1) is 17.9 Å². The van der Waals surface area contributed by atoms with Crippen LogP contribution in [0.25, 0.3) is 0 Å². The van der Waals surface area contributed by atoms with E-state index >= 15 is 0 Å². The van der Waals surface area contributed by atoms with Gasteiger partial charge in [-0.2, -0.15) is 0 Å². The van der Waals surface area contributed by atoms with Gasteiger partial charge < -0.3 is 10.2 Å². The third-order valence-electron chi connectivity index (χ3n) is 4.30. The molecule has 2 aromatic carbocycles. The lowest BCUT2D eigenvalue weighted by Gasteiger charge is -2.33. The molecule has 0 fully saturated rings. The Bertz CT molecular complexity index is 768. The van der Waals surface area contributed by atoms with Gasteiger partial charge in [-0.1, -0.05) is 18.7 Å². The molecule has 0 heterocycles. The Labute approximate surface area is 181 Å². The van der Waals surface area contributed by atoms with Gasteiger partial charge in [0.25, 0.3) is 0 Å². The standard InChI is InChI=1S/C19H16Br4O2/c1-4-10(5-2)19(3,11-6-13(20)17(24)14(21)7-11)12-8-15(22)18(25)16(23)9-12/h4-9,24-25H,1H2,2-3H3/b10-5+. The highest BCUT2D eigenvalue weighted by molar-refractivity contribution is 9.11. The maximum absolute atomic E-state index is 10.1. The molecule has 2 rings (SSSR count). The van der Waals surface area contributed by atoms with Crippen molar-refractivity contribution in [2.24, 2.45) is 0 Å². The average Bonchev–Trinajstić information content (AvgIpc) is 2.57. The van der Waals surface area contributed by atoms with Crippen molar-refractivity contribution in [3.05, 3.63) is 77.6 Å². The normalized spacial score (nSPS) is 12.3. The van der Waals surface area contributed by atoms with Crippen LogP contribution in [0.3, 0.4) is 0 Å². The third kappa shape index (κ3) is 3.77. The van der Waals surface area contributed by atoms with Crippen molar-refractivity contribution in [1.29, 1.82) is 0 Å². The van der Waals surface area contributed by atoms with Crippen LogP contribution in [0.15, 0.2) is 66.5 Å². The second-order valence-corrected chi connectivity index (χ2v) is 9.07. The molecular weight excluding hydrogens is 580 g/mol. The number of hydrogen-bond donors (Lipinski definition) is 2. The summed E-state index contributed by atoms with van der Waals surface area (Å²) in [4.78, 5) is 0. The number of phenols is 2. The molecule has 2 N–H and O–H groups in total. The van der Waals surface area contributed by atoms with Crippen molar-refractivity contribution in [3.63, 3.8) is 0 Å². The maximum atomic E-state index is 10.1. The van der Waals surface area contributed by atoms with Gasteiger partial charge in [0.2, 0.25) is 0 Å². The molecule has 0 radical (unpaired) electrons. The van der Waals surface area contributed by atoms with Crippen LogP contribution < -0.4 is 0 Å². The van der Waals surface area contributed by atoms with Crippen LogP contribution in [0, 0.1) is 0 Å². The van der Waals surface area contributed by atoms with E-state index < -0.39 is 5.41 Å². The monoisotopic (exact) mass is 592 g/mol. The van der Waals surface area contributed by atoms with Crippen molar-refractivity contribution >= 4 is 63.7 Å². The molecule has 25 heavy (non-hydrogen) atoms. The molecule has 0 aliphatic heterocycles. The summed E-state index contributed by atoms with van der Waals surface area (Å²) < 4.78 is 2.39. The molecule has 2 nitrogen and oxygen atoms in total. The molecular formula is C19H16Br4O2. The molecule has 0 aromatic heterocycles.